The number of aliphatic hydroxyl groups is 1. The molecule has 0 radical (unpaired) electrons. The predicted molar refractivity (Wildman–Crippen MR) is 75.2 cm³/mol. The number of hydrogen-bond acceptors (Lipinski definition) is 3. The Morgan fingerprint density at radius 3 is 2.80 bits per heavy atom. The van der Waals surface area contributed by atoms with Crippen molar-refractivity contribution < 1.29 is 14.6 Å². The summed E-state index contributed by atoms with van der Waals surface area (Å²) in [5, 5.41) is 10.2. The SMILES string of the molecule is O=C([C@H]1CCOC1)N1CC[C@@H](O)[C@@H]1Cc1ccccc1. The lowest BCUT2D eigenvalue weighted by Gasteiger charge is -2.28. The van der Waals surface area contributed by atoms with Crippen LogP contribution in [-0.4, -0.2) is 47.8 Å². The Balaban J connectivity index is 1.71. The molecule has 0 saturated carbocycles. The molecular formula is C16H21NO3. The zero-order valence-corrected chi connectivity index (χ0v) is 11.6. The summed E-state index contributed by atoms with van der Waals surface area (Å²) in [6, 6.07) is 9.97. The Labute approximate surface area is 119 Å². The van der Waals surface area contributed by atoms with Crippen molar-refractivity contribution in [2.45, 2.75) is 31.4 Å². The van der Waals surface area contributed by atoms with Crippen LogP contribution in [0.5, 0.6) is 0 Å². The fourth-order valence-corrected chi connectivity index (χ4v) is 3.18. The highest BCUT2D eigenvalue weighted by Gasteiger charge is 2.39. The zero-order chi connectivity index (χ0) is 13.9. The van der Waals surface area contributed by atoms with Gasteiger partial charge in [0.05, 0.1) is 24.7 Å². The largest absolute Gasteiger partial charge is 0.391 e. The molecule has 2 heterocycles. The third kappa shape index (κ3) is 2.72. The van der Waals surface area contributed by atoms with Crippen LogP contribution in [0.25, 0.3) is 0 Å². The van der Waals surface area contributed by atoms with Crippen LogP contribution in [0.2, 0.25) is 0 Å². The van der Waals surface area contributed by atoms with Crippen molar-refractivity contribution in [3.05, 3.63) is 35.9 Å². The van der Waals surface area contributed by atoms with Crippen LogP contribution in [0.3, 0.4) is 0 Å². The van der Waals surface area contributed by atoms with Gasteiger partial charge in [0.1, 0.15) is 0 Å². The molecule has 0 unspecified atom stereocenters. The number of nitrogens with zero attached hydrogens (tertiary/aromatic N) is 1. The number of carbonyl (C=O) groups excluding carboxylic acids is 1. The van der Waals surface area contributed by atoms with E-state index in [0.717, 1.165) is 12.8 Å². The lowest BCUT2D eigenvalue weighted by molar-refractivity contribution is -0.137. The molecule has 1 N–H and O–H groups in total. The van der Waals surface area contributed by atoms with E-state index >= 15 is 0 Å². The highest BCUT2D eigenvalue weighted by Crippen LogP contribution is 2.26. The average molecular weight is 275 g/mol. The average Bonchev–Trinajstić information content (AvgIpc) is 3.11. The van der Waals surface area contributed by atoms with Crippen molar-refractivity contribution in [2.75, 3.05) is 19.8 Å². The van der Waals surface area contributed by atoms with Gasteiger partial charge < -0.3 is 14.7 Å². The first-order chi connectivity index (χ1) is 9.75. The van der Waals surface area contributed by atoms with Crippen LogP contribution >= 0.6 is 0 Å². The molecule has 0 aromatic heterocycles. The molecule has 0 bridgehead atoms. The maximum atomic E-state index is 12.5. The minimum absolute atomic E-state index is 0.0152. The monoisotopic (exact) mass is 275 g/mol. The van der Waals surface area contributed by atoms with Crippen molar-refractivity contribution in [2.24, 2.45) is 5.92 Å². The lowest BCUT2D eigenvalue weighted by Crippen LogP contribution is -2.44. The molecule has 3 atom stereocenters. The number of rotatable bonds is 3. The van der Waals surface area contributed by atoms with Crippen molar-refractivity contribution >= 4 is 5.91 Å². The van der Waals surface area contributed by atoms with E-state index in [1.165, 1.54) is 5.56 Å². The Hall–Kier alpha value is -1.39. The summed E-state index contributed by atoms with van der Waals surface area (Å²) < 4.78 is 5.31. The van der Waals surface area contributed by atoms with Gasteiger partial charge in [-0.05, 0) is 24.8 Å². The first-order valence-electron chi connectivity index (χ1n) is 7.36. The summed E-state index contributed by atoms with van der Waals surface area (Å²) in [6.45, 7) is 1.87. The van der Waals surface area contributed by atoms with Crippen LogP contribution in [0.4, 0.5) is 0 Å². The van der Waals surface area contributed by atoms with Gasteiger partial charge in [-0.1, -0.05) is 30.3 Å². The minimum atomic E-state index is -0.415. The van der Waals surface area contributed by atoms with E-state index in [-0.39, 0.29) is 17.9 Å². The molecule has 2 saturated heterocycles. The van der Waals surface area contributed by atoms with Gasteiger partial charge in [0.2, 0.25) is 5.91 Å². The van der Waals surface area contributed by atoms with Crippen molar-refractivity contribution in [3.8, 4) is 0 Å². The smallest absolute Gasteiger partial charge is 0.228 e. The molecule has 4 heteroatoms. The molecule has 3 rings (SSSR count). The Morgan fingerprint density at radius 2 is 2.10 bits per heavy atom. The predicted octanol–water partition coefficient (Wildman–Crippen LogP) is 1.23. The quantitative estimate of drug-likeness (QED) is 0.902. The third-order valence-corrected chi connectivity index (χ3v) is 4.36. The molecule has 0 spiro atoms. The van der Waals surface area contributed by atoms with Gasteiger partial charge in [0.25, 0.3) is 0 Å². The van der Waals surface area contributed by atoms with Gasteiger partial charge in [0.15, 0.2) is 0 Å². The summed E-state index contributed by atoms with van der Waals surface area (Å²) in [5.74, 6) is 0.138. The standard InChI is InChI=1S/C16H21NO3/c18-15-6-8-17(16(19)13-7-9-20-11-13)14(15)10-12-4-2-1-3-5-12/h1-5,13-15,18H,6-11H2/t13-,14-,15+/m0/s1. The number of likely N-dealkylation sites (tertiary alicyclic amines) is 1. The third-order valence-electron chi connectivity index (χ3n) is 4.36. The first-order valence-corrected chi connectivity index (χ1v) is 7.36. The fraction of sp³-hybridized carbons (Fsp3) is 0.562. The summed E-state index contributed by atoms with van der Waals surface area (Å²) in [6.07, 6.45) is 1.79. The molecule has 0 aliphatic carbocycles. The molecule has 1 aromatic rings. The molecular weight excluding hydrogens is 254 g/mol. The molecule has 2 fully saturated rings. The van der Waals surface area contributed by atoms with Gasteiger partial charge >= 0.3 is 0 Å². The van der Waals surface area contributed by atoms with E-state index in [1.807, 2.05) is 35.2 Å². The van der Waals surface area contributed by atoms with E-state index in [9.17, 15) is 9.90 Å². The Bertz CT molecular complexity index is 456. The number of aliphatic hydroxyl groups excluding tert-OH is 1. The van der Waals surface area contributed by atoms with Crippen molar-refractivity contribution in [3.63, 3.8) is 0 Å². The van der Waals surface area contributed by atoms with Crippen LogP contribution in [0.1, 0.15) is 18.4 Å². The van der Waals surface area contributed by atoms with Crippen LogP contribution in [0.15, 0.2) is 30.3 Å². The van der Waals surface area contributed by atoms with Gasteiger partial charge in [-0.15, -0.1) is 0 Å². The lowest BCUT2D eigenvalue weighted by atomic mass is 10.0. The normalized spacial score (nSPS) is 29.9. The number of benzene rings is 1. The number of ether oxygens (including phenoxy) is 1. The van der Waals surface area contributed by atoms with Crippen LogP contribution < -0.4 is 0 Å². The molecule has 108 valence electrons. The number of hydrogen-bond donors (Lipinski definition) is 1. The molecule has 20 heavy (non-hydrogen) atoms. The van der Waals surface area contributed by atoms with E-state index in [0.29, 0.717) is 26.2 Å². The molecule has 1 aromatic carbocycles. The molecule has 2 aliphatic rings. The summed E-state index contributed by atoms with van der Waals surface area (Å²) in [4.78, 5) is 14.4. The second-order valence-electron chi connectivity index (χ2n) is 5.71. The van der Waals surface area contributed by atoms with Gasteiger partial charge in [0, 0.05) is 13.2 Å². The van der Waals surface area contributed by atoms with E-state index in [1.54, 1.807) is 0 Å². The second-order valence-corrected chi connectivity index (χ2v) is 5.71. The Kier molecular flexibility index (Phi) is 4.03. The van der Waals surface area contributed by atoms with Crippen LogP contribution in [0, 0.1) is 5.92 Å². The summed E-state index contributed by atoms with van der Waals surface area (Å²) in [5.41, 5.74) is 1.17. The number of carbonyl (C=O) groups is 1. The zero-order valence-electron chi connectivity index (χ0n) is 11.6. The topological polar surface area (TPSA) is 49.8 Å². The fourth-order valence-electron chi connectivity index (χ4n) is 3.18. The van der Waals surface area contributed by atoms with Crippen LogP contribution in [-0.2, 0) is 16.0 Å². The maximum Gasteiger partial charge on any atom is 0.228 e. The number of amides is 1. The second kappa shape index (κ2) is 5.94. The first kappa shape index (κ1) is 13.6. The van der Waals surface area contributed by atoms with Gasteiger partial charge in [-0.2, -0.15) is 0 Å². The van der Waals surface area contributed by atoms with Crippen molar-refractivity contribution in [1.82, 2.24) is 4.90 Å². The highest BCUT2D eigenvalue weighted by molar-refractivity contribution is 5.80. The molecule has 2 aliphatic heterocycles. The minimum Gasteiger partial charge on any atom is -0.391 e. The maximum absolute atomic E-state index is 12.5. The summed E-state index contributed by atoms with van der Waals surface area (Å²) in [7, 11) is 0. The van der Waals surface area contributed by atoms with Gasteiger partial charge in [-0.25, -0.2) is 0 Å². The van der Waals surface area contributed by atoms with E-state index < -0.39 is 6.10 Å². The van der Waals surface area contributed by atoms with E-state index in [4.69, 9.17) is 4.74 Å². The van der Waals surface area contributed by atoms with Gasteiger partial charge in [-0.3, -0.25) is 4.79 Å². The van der Waals surface area contributed by atoms with E-state index in [2.05, 4.69) is 0 Å². The highest BCUT2D eigenvalue weighted by atomic mass is 16.5. The molecule has 1 amide bonds. The summed E-state index contributed by atoms with van der Waals surface area (Å²) >= 11 is 0. The molecule has 4 nitrogen and oxygen atoms in total. The van der Waals surface area contributed by atoms with Crippen molar-refractivity contribution in [1.29, 1.82) is 0 Å². The Morgan fingerprint density at radius 1 is 1.30 bits per heavy atom.